The number of aryl methyl sites for hydroxylation is 1. The largest absolute Gasteiger partial charge is 0.356 e. The monoisotopic (exact) mass is 387 g/mol. The summed E-state index contributed by atoms with van der Waals surface area (Å²) in [4.78, 5) is 49.2. The van der Waals surface area contributed by atoms with Crippen molar-refractivity contribution in [2.75, 3.05) is 13.1 Å². The van der Waals surface area contributed by atoms with Crippen molar-refractivity contribution >= 4 is 29.3 Å². The molecule has 0 saturated carbocycles. The standard InChI is InChI=1S/C19H18ClN3O4/c20-13-6-7-17(25)22(12-13)10-3-9-21-16(24)8-11-23-18(26)14-4-1-2-5-15(14)19(23)27/h1-2,4-7,12H,3,8-11H2,(H,21,24). The molecule has 3 rings (SSSR count). The minimum atomic E-state index is -0.372. The van der Waals surface area contributed by atoms with Crippen LogP contribution in [0.15, 0.2) is 47.4 Å². The predicted octanol–water partition coefficient (Wildman–Crippen LogP) is 1.69. The molecule has 0 unspecified atom stereocenters. The number of rotatable bonds is 7. The van der Waals surface area contributed by atoms with Gasteiger partial charge in [-0.15, -0.1) is 0 Å². The molecule has 1 aliphatic heterocycles. The van der Waals surface area contributed by atoms with E-state index in [2.05, 4.69) is 5.32 Å². The van der Waals surface area contributed by atoms with Crippen LogP contribution in [0.3, 0.4) is 0 Å². The first kappa shape index (κ1) is 18.8. The van der Waals surface area contributed by atoms with Crippen LogP contribution in [0, 0.1) is 0 Å². The average Bonchev–Trinajstić information content (AvgIpc) is 2.90. The van der Waals surface area contributed by atoms with Gasteiger partial charge in [0.2, 0.25) is 5.91 Å². The van der Waals surface area contributed by atoms with Gasteiger partial charge in [0.1, 0.15) is 0 Å². The number of hydrogen-bond donors (Lipinski definition) is 1. The van der Waals surface area contributed by atoms with Gasteiger partial charge in [0.15, 0.2) is 0 Å². The van der Waals surface area contributed by atoms with Gasteiger partial charge in [0, 0.05) is 38.3 Å². The maximum absolute atomic E-state index is 12.2. The van der Waals surface area contributed by atoms with Gasteiger partial charge >= 0.3 is 0 Å². The number of carbonyl (C=O) groups excluding carboxylic acids is 3. The minimum Gasteiger partial charge on any atom is -0.356 e. The van der Waals surface area contributed by atoms with E-state index >= 15 is 0 Å². The lowest BCUT2D eigenvalue weighted by molar-refractivity contribution is -0.121. The molecule has 0 saturated heterocycles. The maximum Gasteiger partial charge on any atom is 0.261 e. The van der Waals surface area contributed by atoms with E-state index in [1.807, 2.05) is 0 Å². The number of hydrogen-bond acceptors (Lipinski definition) is 4. The van der Waals surface area contributed by atoms with Gasteiger partial charge in [-0.3, -0.25) is 24.1 Å². The van der Waals surface area contributed by atoms with Crippen molar-refractivity contribution < 1.29 is 14.4 Å². The molecule has 0 spiro atoms. The van der Waals surface area contributed by atoms with E-state index in [-0.39, 0.29) is 36.2 Å². The van der Waals surface area contributed by atoms with Gasteiger partial charge in [-0.25, -0.2) is 0 Å². The Morgan fingerprint density at radius 3 is 2.30 bits per heavy atom. The molecule has 0 atom stereocenters. The van der Waals surface area contributed by atoms with Crippen LogP contribution >= 0.6 is 11.6 Å². The average molecular weight is 388 g/mol. The number of carbonyl (C=O) groups is 3. The smallest absolute Gasteiger partial charge is 0.261 e. The first-order valence-corrected chi connectivity index (χ1v) is 8.93. The van der Waals surface area contributed by atoms with Crippen molar-refractivity contribution in [2.24, 2.45) is 0 Å². The second kappa shape index (κ2) is 8.18. The lowest BCUT2D eigenvalue weighted by Crippen LogP contribution is -2.35. The Kier molecular flexibility index (Phi) is 5.71. The number of nitrogens with zero attached hydrogens (tertiary/aromatic N) is 2. The molecule has 140 valence electrons. The summed E-state index contributed by atoms with van der Waals surface area (Å²) in [6.07, 6.45) is 2.13. The summed E-state index contributed by atoms with van der Waals surface area (Å²) in [5, 5.41) is 3.20. The molecule has 7 nitrogen and oxygen atoms in total. The fourth-order valence-electron chi connectivity index (χ4n) is 2.90. The van der Waals surface area contributed by atoms with Crippen molar-refractivity contribution in [3.8, 4) is 0 Å². The van der Waals surface area contributed by atoms with Crippen molar-refractivity contribution in [1.82, 2.24) is 14.8 Å². The van der Waals surface area contributed by atoms with Crippen molar-refractivity contribution in [2.45, 2.75) is 19.4 Å². The number of benzene rings is 1. The zero-order valence-corrected chi connectivity index (χ0v) is 15.2. The number of fused-ring (bicyclic) bond motifs is 1. The second-order valence-corrected chi connectivity index (χ2v) is 6.58. The Hall–Kier alpha value is -2.93. The Balaban J connectivity index is 1.43. The van der Waals surface area contributed by atoms with Gasteiger partial charge in [-0.2, -0.15) is 0 Å². The molecule has 0 aliphatic carbocycles. The molecule has 1 N–H and O–H groups in total. The molecular formula is C19H18ClN3O4. The molecule has 1 aliphatic rings. The van der Waals surface area contributed by atoms with E-state index in [9.17, 15) is 19.2 Å². The van der Waals surface area contributed by atoms with Crippen LogP contribution in [0.5, 0.6) is 0 Å². The lowest BCUT2D eigenvalue weighted by atomic mass is 10.1. The molecule has 0 radical (unpaired) electrons. The van der Waals surface area contributed by atoms with Crippen molar-refractivity contribution in [3.05, 3.63) is 69.1 Å². The van der Waals surface area contributed by atoms with Crippen LogP contribution < -0.4 is 10.9 Å². The Morgan fingerprint density at radius 1 is 0.963 bits per heavy atom. The molecule has 0 fully saturated rings. The molecule has 8 heteroatoms. The number of imide groups is 1. The summed E-state index contributed by atoms with van der Waals surface area (Å²) in [5.41, 5.74) is 0.584. The Labute approximate surface area is 160 Å². The SMILES string of the molecule is O=C(CCN1C(=O)c2ccccc2C1=O)NCCCn1cc(Cl)ccc1=O. The van der Waals surface area contributed by atoms with Crippen LogP contribution in [0.1, 0.15) is 33.6 Å². The van der Waals surface area contributed by atoms with E-state index in [0.717, 1.165) is 4.90 Å². The van der Waals surface area contributed by atoms with Crippen LogP contribution in [0.4, 0.5) is 0 Å². The number of pyridine rings is 1. The van der Waals surface area contributed by atoms with E-state index in [1.54, 1.807) is 30.5 Å². The number of nitrogens with one attached hydrogen (secondary N) is 1. The zero-order chi connectivity index (χ0) is 19.4. The van der Waals surface area contributed by atoms with Crippen LogP contribution in [-0.2, 0) is 11.3 Å². The summed E-state index contributed by atoms with van der Waals surface area (Å²) >= 11 is 5.85. The highest BCUT2D eigenvalue weighted by molar-refractivity contribution is 6.30. The van der Waals surface area contributed by atoms with E-state index < -0.39 is 0 Å². The lowest BCUT2D eigenvalue weighted by Gasteiger charge is -2.13. The zero-order valence-electron chi connectivity index (χ0n) is 14.5. The number of halogens is 1. The fourth-order valence-corrected chi connectivity index (χ4v) is 3.08. The van der Waals surface area contributed by atoms with Gasteiger partial charge in [0.25, 0.3) is 17.4 Å². The number of aromatic nitrogens is 1. The van der Waals surface area contributed by atoms with E-state index in [4.69, 9.17) is 11.6 Å². The summed E-state index contributed by atoms with van der Waals surface area (Å²) in [7, 11) is 0. The Morgan fingerprint density at radius 2 is 1.63 bits per heavy atom. The third kappa shape index (κ3) is 4.25. The summed E-state index contributed by atoms with van der Waals surface area (Å²) in [5.74, 6) is -1.00. The fraction of sp³-hybridized carbons (Fsp3) is 0.263. The molecule has 2 aromatic rings. The first-order valence-electron chi connectivity index (χ1n) is 8.55. The minimum absolute atomic E-state index is 0.0303. The van der Waals surface area contributed by atoms with Gasteiger partial charge in [0.05, 0.1) is 16.1 Å². The summed E-state index contributed by atoms with van der Waals surface area (Å²) < 4.78 is 1.48. The van der Waals surface area contributed by atoms with Crippen LogP contribution in [0.25, 0.3) is 0 Å². The molecule has 3 amide bonds. The van der Waals surface area contributed by atoms with Gasteiger partial charge in [-0.1, -0.05) is 23.7 Å². The van der Waals surface area contributed by atoms with Gasteiger partial charge < -0.3 is 9.88 Å². The van der Waals surface area contributed by atoms with E-state index in [1.165, 1.54) is 16.7 Å². The molecular weight excluding hydrogens is 370 g/mol. The van der Waals surface area contributed by atoms with Gasteiger partial charge in [-0.05, 0) is 24.6 Å². The molecule has 2 heterocycles. The van der Waals surface area contributed by atoms with Crippen LogP contribution in [0.2, 0.25) is 5.02 Å². The summed E-state index contributed by atoms with van der Waals surface area (Å²) in [6, 6.07) is 9.53. The third-order valence-corrected chi connectivity index (χ3v) is 4.51. The quantitative estimate of drug-likeness (QED) is 0.578. The predicted molar refractivity (Wildman–Crippen MR) is 99.8 cm³/mol. The van der Waals surface area contributed by atoms with Crippen molar-refractivity contribution in [3.63, 3.8) is 0 Å². The highest BCUT2D eigenvalue weighted by Gasteiger charge is 2.34. The second-order valence-electron chi connectivity index (χ2n) is 6.14. The maximum atomic E-state index is 12.2. The highest BCUT2D eigenvalue weighted by Crippen LogP contribution is 2.22. The normalized spacial score (nSPS) is 13.0. The first-order chi connectivity index (χ1) is 13.0. The third-order valence-electron chi connectivity index (χ3n) is 4.29. The highest BCUT2D eigenvalue weighted by atomic mass is 35.5. The molecule has 27 heavy (non-hydrogen) atoms. The van der Waals surface area contributed by atoms with E-state index in [0.29, 0.717) is 35.7 Å². The number of amides is 3. The summed E-state index contributed by atoms with van der Waals surface area (Å²) in [6.45, 7) is 0.837. The Bertz CT molecular complexity index is 919. The molecule has 1 aromatic heterocycles. The molecule has 1 aromatic carbocycles. The molecule has 0 bridgehead atoms. The van der Waals surface area contributed by atoms with Crippen LogP contribution in [-0.4, -0.2) is 40.3 Å². The topological polar surface area (TPSA) is 88.5 Å². The van der Waals surface area contributed by atoms with Crippen molar-refractivity contribution in [1.29, 1.82) is 0 Å².